The molecule has 0 radical (unpaired) electrons. The molecule has 4 heteroatoms. The normalized spacial score (nSPS) is 23.8. The van der Waals surface area contributed by atoms with Gasteiger partial charge in [0.1, 0.15) is 5.82 Å². The SMILES string of the molecule is Fc1cncc(CN(CC2CCCN2)C2CC2)c1. The Hall–Kier alpha value is -1.00. The zero-order valence-corrected chi connectivity index (χ0v) is 10.6. The van der Waals surface area contributed by atoms with Gasteiger partial charge in [-0.3, -0.25) is 9.88 Å². The molecule has 2 heterocycles. The molecule has 3 nitrogen and oxygen atoms in total. The van der Waals surface area contributed by atoms with Crippen molar-refractivity contribution in [1.29, 1.82) is 0 Å². The van der Waals surface area contributed by atoms with Crippen molar-refractivity contribution in [2.45, 2.75) is 44.3 Å². The van der Waals surface area contributed by atoms with Crippen LogP contribution < -0.4 is 5.32 Å². The molecule has 1 saturated carbocycles. The fourth-order valence-corrected chi connectivity index (χ4v) is 2.75. The first-order valence-corrected chi connectivity index (χ1v) is 6.88. The van der Waals surface area contributed by atoms with E-state index in [2.05, 4.69) is 15.2 Å². The lowest BCUT2D eigenvalue weighted by Gasteiger charge is -2.25. The van der Waals surface area contributed by atoms with Crippen molar-refractivity contribution in [1.82, 2.24) is 15.2 Å². The van der Waals surface area contributed by atoms with E-state index < -0.39 is 0 Å². The summed E-state index contributed by atoms with van der Waals surface area (Å²) in [6.07, 6.45) is 8.17. The van der Waals surface area contributed by atoms with E-state index in [0.29, 0.717) is 12.1 Å². The van der Waals surface area contributed by atoms with Crippen LogP contribution in [0, 0.1) is 5.82 Å². The van der Waals surface area contributed by atoms with Crippen LogP contribution in [-0.4, -0.2) is 35.1 Å². The minimum absolute atomic E-state index is 0.234. The maximum absolute atomic E-state index is 13.1. The van der Waals surface area contributed by atoms with Gasteiger partial charge in [-0.25, -0.2) is 4.39 Å². The second kappa shape index (κ2) is 5.33. The van der Waals surface area contributed by atoms with E-state index in [-0.39, 0.29) is 5.82 Å². The second-order valence-corrected chi connectivity index (χ2v) is 5.47. The van der Waals surface area contributed by atoms with Crippen LogP contribution in [0.15, 0.2) is 18.5 Å². The molecule has 1 aliphatic heterocycles. The number of hydrogen-bond acceptors (Lipinski definition) is 3. The highest BCUT2D eigenvalue weighted by Gasteiger charge is 2.31. The van der Waals surface area contributed by atoms with Crippen LogP contribution in [-0.2, 0) is 6.54 Å². The number of aromatic nitrogens is 1. The molecule has 0 amide bonds. The third kappa shape index (κ3) is 3.06. The quantitative estimate of drug-likeness (QED) is 0.864. The summed E-state index contributed by atoms with van der Waals surface area (Å²) in [7, 11) is 0. The largest absolute Gasteiger partial charge is 0.313 e. The van der Waals surface area contributed by atoms with Crippen LogP contribution in [0.1, 0.15) is 31.2 Å². The van der Waals surface area contributed by atoms with Crippen molar-refractivity contribution in [2.75, 3.05) is 13.1 Å². The number of nitrogens with zero attached hydrogens (tertiary/aromatic N) is 2. The van der Waals surface area contributed by atoms with Crippen LogP contribution in [0.5, 0.6) is 0 Å². The van der Waals surface area contributed by atoms with Crippen LogP contribution in [0.2, 0.25) is 0 Å². The van der Waals surface area contributed by atoms with E-state index in [1.807, 2.05) is 0 Å². The van der Waals surface area contributed by atoms with Crippen molar-refractivity contribution in [3.63, 3.8) is 0 Å². The van der Waals surface area contributed by atoms with E-state index in [0.717, 1.165) is 25.2 Å². The summed E-state index contributed by atoms with van der Waals surface area (Å²) in [5.74, 6) is -0.234. The van der Waals surface area contributed by atoms with E-state index in [1.54, 1.807) is 12.3 Å². The molecule has 18 heavy (non-hydrogen) atoms. The molecule has 1 unspecified atom stereocenters. The lowest BCUT2D eigenvalue weighted by atomic mass is 10.2. The molecule has 0 bridgehead atoms. The number of pyridine rings is 1. The van der Waals surface area contributed by atoms with Crippen molar-refractivity contribution in [3.8, 4) is 0 Å². The summed E-state index contributed by atoms with van der Waals surface area (Å²) in [5.41, 5.74) is 0.986. The molecule has 1 aliphatic carbocycles. The van der Waals surface area contributed by atoms with Crippen LogP contribution in [0.3, 0.4) is 0 Å². The summed E-state index contributed by atoms with van der Waals surface area (Å²) >= 11 is 0. The minimum atomic E-state index is -0.234. The van der Waals surface area contributed by atoms with Gasteiger partial charge in [0.25, 0.3) is 0 Å². The van der Waals surface area contributed by atoms with Crippen molar-refractivity contribution in [2.24, 2.45) is 0 Å². The monoisotopic (exact) mass is 249 g/mol. The highest BCUT2D eigenvalue weighted by Crippen LogP contribution is 2.29. The Morgan fingerprint density at radius 1 is 1.33 bits per heavy atom. The van der Waals surface area contributed by atoms with E-state index in [9.17, 15) is 4.39 Å². The van der Waals surface area contributed by atoms with Gasteiger partial charge in [-0.1, -0.05) is 0 Å². The van der Waals surface area contributed by atoms with Crippen molar-refractivity contribution >= 4 is 0 Å². The maximum Gasteiger partial charge on any atom is 0.141 e. The zero-order chi connectivity index (χ0) is 12.4. The molecule has 98 valence electrons. The predicted molar refractivity (Wildman–Crippen MR) is 68.7 cm³/mol. The topological polar surface area (TPSA) is 28.2 Å². The minimum Gasteiger partial charge on any atom is -0.313 e. The summed E-state index contributed by atoms with van der Waals surface area (Å²) < 4.78 is 13.1. The first kappa shape index (κ1) is 12.1. The summed E-state index contributed by atoms with van der Waals surface area (Å²) in [4.78, 5) is 6.42. The smallest absolute Gasteiger partial charge is 0.141 e. The third-order valence-electron chi connectivity index (χ3n) is 3.83. The molecule has 3 rings (SSSR count). The average molecular weight is 249 g/mol. The van der Waals surface area contributed by atoms with Crippen LogP contribution in [0.4, 0.5) is 4.39 Å². The van der Waals surface area contributed by atoms with Crippen LogP contribution in [0.25, 0.3) is 0 Å². The Labute approximate surface area is 107 Å². The number of rotatable bonds is 5. The highest BCUT2D eigenvalue weighted by atomic mass is 19.1. The highest BCUT2D eigenvalue weighted by molar-refractivity contribution is 5.11. The lowest BCUT2D eigenvalue weighted by Crippen LogP contribution is -2.38. The molecule has 1 saturated heterocycles. The predicted octanol–water partition coefficient (Wildman–Crippen LogP) is 1.94. The summed E-state index contributed by atoms with van der Waals surface area (Å²) in [6.45, 7) is 3.06. The van der Waals surface area contributed by atoms with E-state index in [1.165, 1.54) is 31.9 Å². The number of hydrogen-bond donors (Lipinski definition) is 1. The van der Waals surface area contributed by atoms with Gasteiger partial charge in [0.05, 0.1) is 6.20 Å². The Bertz CT molecular complexity index is 400. The molecule has 1 aromatic heterocycles. The Morgan fingerprint density at radius 3 is 2.89 bits per heavy atom. The standard InChI is InChI=1S/C14H20FN3/c15-12-6-11(7-16-8-12)9-18(14-3-4-14)10-13-2-1-5-17-13/h6-8,13-14,17H,1-5,9-10H2. The first-order chi connectivity index (χ1) is 8.81. The molecular weight excluding hydrogens is 229 g/mol. The van der Waals surface area contributed by atoms with Gasteiger partial charge in [-0.05, 0) is 43.9 Å². The second-order valence-electron chi connectivity index (χ2n) is 5.47. The maximum atomic E-state index is 13.1. The van der Waals surface area contributed by atoms with Crippen molar-refractivity contribution < 1.29 is 4.39 Å². The van der Waals surface area contributed by atoms with Gasteiger partial charge in [0.2, 0.25) is 0 Å². The number of nitrogens with one attached hydrogen (secondary N) is 1. The lowest BCUT2D eigenvalue weighted by molar-refractivity contribution is 0.230. The molecule has 1 atom stereocenters. The Kier molecular flexibility index (Phi) is 3.57. The summed E-state index contributed by atoms with van der Waals surface area (Å²) in [5, 5.41) is 3.54. The number of halogens is 1. The third-order valence-corrected chi connectivity index (χ3v) is 3.83. The van der Waals surface area contributed by atoms with Crippen molar-refractivity contribution in [3.05, 3.63) is 29.8 Å². The fourth-order valence-electron chi connectivity index (χ4n) is 2.75. The molecule has 0 aromatic carbocycles. The summed E-state index contributed by atoms with van der Waals surface area (Å²) in [6, 6.07) is 2.92. The molecule has 0 spiro atoms. The average Bonchev–Trinajstić information content (AvgIpc) is 3.08. The van der Waals surface area contributed by atoms with Gasteiger partial charge in [0, 0.05) is 31.4 Å². The molecule has 1 N–H and O–H groups in total. The van der Waals surface area contributed by atoms with Crippen LogP contribution >= 0.6 is 0 Å². The van der Waals surface area contributed by atoms with Gasteiger partial charge in [0.15, 0.2) is 0 Å². The molecule has 2 fully saturated rings. The Balaban J connectivity index is 1.62. The van der Waals surface area contributed by atoms with E-state index in [4.69, 9.17) is 0 Å². The fraction of sp³-hybridized carbons (Fsp3) is 0.643. The molecule has 1 aromatic rings. The zero-order valence-electron chi connectivity index (χ0n) is 10.6. The molecular formula is C14H20FN3. The van der Waals surface area contributed by atoms with E-state index >= 15 is 0 Å². The van der Waals surface area contributed by atoms with Gasteiger partial charge >= 0.3 is 0 Å². The van der Waals surface area contributed by atoms with Gasteiger partial charge in [-0.2, -0.15) is 0 Å². The Morgan fingerprint density at radius 2 is 2.22 bits per heavy atom. The first-order valence-electron chi connectivity index (χ1n) is 6.88. The van der Waals surface area contributed by atoms with Gasteiger partial charge < -0.3 is 5.32 Å². The van der Waals surface area contributed by atoms with Gasteiger partial charge in [-0.15, -0.1) is 0 Å². The molecule has 2 aliphatic rings.